The van der Waals surface area contributed by atoms with Crippen LogP contribution < -0.4 is 10.6 Å². The van der Waals surface area contributed by atoms with Crippen molar-refractivity contribution in [1.82, 2.24) is 15.3 Å². The SMILES string of the molecule is FC(F)(F)c1nccc(Nc2ccc([C@@H]3CNCCO3)cc2)n1. The van der Waals surface area contributed by atoms with Crippen LogP contribution in [0.4, 0.5) is 24.7 Å². The summed E-state index contributed by atoms with van der Waals surface area (Å²) < 4.78 is 43.4. The van der Waals surface area contributed by atoms with E-state index < -0.39 is 12.0 Å². The van der Waals surface area contributed by atoms with Crippen molar-refractivity contribution < 1.29 is 17.9 Å². The van der Waals surface area contributed by atoms with Gasteiger partial charge in [0.25, 0.3) is 0 Å². The summed E-state index contributed by atoms with van der Waals surface area (Å²) in [5, 5.41) is 6.08. The van der Waals surface area contributed by atoms with E-state index in [-0.39, 0.29) is 11.9 Å². The van der Waals surface area contributed by atoms with Gasteiger partial charge < -0.3 is 15.4 Å². The van der Waals surface area contributed by atoms with Gasteiger partial charge in [-0.1, -0.05) is 12.1 Å². The molecule has 0 unspecified atom stereocenters. The van der Waals surface area contributed by atoms with E-state index in [1.165, 1.54) is 6.07 Å². The van der Waals surface area contributed by atoms with Gasteiger partial charge in [-0.05, 0) is 23.8 Å². The lowest BCUT2D eigenvalue weighted by atomic mass is 10.1. The largest absolute Gasteiger partial charge is 0.451 e. The highest BCUT2D eigenvalue weighted by Crippen LogP contribution is 2.27. The van der Waals surface area contributed by atoms with Gasteiger partial charge in [0.15, 0.2) is 0 Å². The fourth-order valence-electron chi connectivity index (χ4n) is 2.27. The number of alkyl halides is 3. The molecule has 1 saturated heterocycles. The first kappa shape index (κ1) is 15.7. The molecule has 2 N–H and O–H groups in total. The van der Waals surface area contributed by atoms with Crippen LogP contribution >= 0.6 is 0 Å². The minimum atomic E-state index is -4.56. The zero-order chi connectivity index (χ0) is 16.3. The van der Waals surface area contributed by atoms with Crippen LogP contribution in [0.5, 0.6) is 0 Å². The lowest BCUT2D eigenvalue weighted by Gasteiger charge is -2.24. The smallest absolute Gasteiger partial charge is 0.371 e. The standard InChI is InChI=1S/C15H15F3N4O/c16-15(17,18)14-20-6-5-13(22-14)21-11-3-1-10(2-4-11)12-9-19-7-8-23-12/h1-6,12,19H,7-9H2,(H,20,21,22)/t12-/m0/s1. The van der Waals surface area contributed by atoms with Crippen molar-refractivity contribution in [1.29, 1.82) is 0 Å². The molecule has 23 heavy (non-hydrogen) atoms. The average Bonchev–Trinajstić information content (AvgIpc) is 2.56. The van der Waals surface area contributed by atoms with Crippen molar-refractivity contribution in [3.63, 3.8) is 0 Å². The van der Waals surface area contributed by atoms with Crippen molar-refractivity contribution >= 4 is 11.5 Å². The number of halogens is 3. The highest BCUT2D eigenvalue weighted by molar-refractivity contribution is 5.56. The number of benzene rings is 1. The number of hydrogen-bond donors (Lipinski definition) is 2. The van der Waals surface area contributed by atoms with Crippen LogP contribution in [0.25, 0.3) is 0 Å². The van der Waals surface area contributed by atoms with Crippen LogP contribution in [0.1, 0.15) is 17.5 Å². The molecule has 1 aliphatic rings. The van der Waals surface area contributed by atoms with Gasteiger partial charge in [-0.15, -0.1) is 0 Å². The van der Waals surface area contributed by atoms with Gasteiger partial charge >= 0.3 is 6.18 Å². The van der Waals surface area contributed by atoms with Gasteiger partial charge in [-0.25, -0.2) is 9.97 Å². The normalized spacial score (nSPS) is 18.7. The number of ether oxygens (including phenoxy) is 1. The first-order chi connectivity index (χ1) is 11.0. The molecule has 2 heterocycles. The summed E-state index contributed by atoms with van der Waals surface area (Å²) in [5.41, 5.74) is 1.66. The molecule has 0 amide bonds. The minimum absolute atomic E-state index is 0.00585. The van der Waals surface area contributed by atoms with Gasteiger partial charge in [-0.3, -0.25) is 0 Å². The molecule has 1 fully saturated rings. The fourth-order valence-corrected chi connectivity index (χ4v) is 2.27. The van der Waals surface area contributed by atoms with Gasteiger partial charge in [0.05, 0.1) is 12.7 Å². The van der Waals surface area contributed by atoms with Crippen molar-refractivity contribution in [2.45, 2.75) is 12.3 Å². The second kappa shape index (κ2) is 6.51. The predicted molar refractivity (Wildman–Crippen MR) is 78.3 cm³/mol. The van der Waals surface area contributed by atoms with E-state index in [0.29, 0.717) is 12.3 Å². The number of anilines is 2. The lowest BCUT2D eigenvalue weighted by Crippen LogP contribution is -2.33. The lowest BCUT2D eigenvalue weighted by molar-refractivity contribution is -0.144. The number of morpholine rings is 1. The topological polar surface area (TPSA) is 59.1 Å². The molecule has 3 rings (SSSR count). The molecule has 0 aliphatic carbocycles. The zero-order valence-electron chi connectivity index (χ0n) is 12.1. The van der Waals surface area contributed by atoms with Crippen molar-refractivity contribution in [3.05, 3.63) is 47.9 Å². The summed E-state index contributed by atoms with van der Waals surface area (Å²) in [6, 6.07) is 8.71. The molecule has 1 atom stereocenters. The van der Waals surface area contributed by atoms with E-state index >= 15 is 0 Å². The van der Waals surface area contributed by atoms with Gasteiger partial charge in [-0.2, -0.15) is 13.2 Å². The van der Waals surface area contributed by atoms with Crippen LogP contribution in [0, 0.1) is 0 Å². The first-order valence-electron chi connectivity index (χ1n) is 7.12. The summed E-state index contributed by atoms with van der Waals surface area (Å²) in [6.45, 7) is 2.24. The molecule has 2 aromatic rings. The third-order valence-corrected chi connectivity index (χ3v) is 3.39. The van der Waals surface area contributed by atoms with Crippen LogP contribution in [-0.4, -0.2) is 29.7 Å². The molecule has 122 valence electrons. The number of hydrogen-bond acceptors (Lipinski definition) is 5. The Bertz CT molecular complexity index is 655. The van der Waals surface area contributed by atoms with E-state index in [0.717, 1.165) is 24.8 Å². The monoisotopic (exact) mass is 324 g/mol. The summed E-state index contributed by atoms with van der Waals surface area (Å²) in [5.74, 6) is -1.07. The molecule has 0 bridgehead atoms. The first-order valence-corrected chi connectivity index (χ1v) is 7.12. The van der Waals surface area contributed by atoms with E-state index in [1.54, 1.807) is 12.1 Å². The number of nitrogens with zero attached hydrogens (tertiary/aromatic N) is 2. The molecule has 0 radical (unpaired) electrons. The van der Waals surface area contributed by atoms with E-state index in [9.17, 15) is 13.2 Å². The number of aromatic nitrogens is 2. The zero-order valence-corrected chi connectivity index (χ0v) is 12.1. The molecular formula is C15H15F3N4O. The van der Waals surface area contributed by atoms with Crippen molar-refractivity contribution in [3.8, 4) is 0 Å². The van der Waals surface area contributed by atoms with Gasteiger partial charge in [0.1, 0.15) is 5.82 Å². The summed E-state index contributed by atoms with van der Waals surface area (Å²) in [6.07, 6.45) is -3.49. The Morgan fingerprint density at radius 3 is 2.61 bits per heavy atom. The van der Waals surface area contributed by atoms with Crippen LogP contribution in [-0.2, 0) is 10.9 Å². The summed E-state index contributed by atoms with van der Waals surface area (Å²) >= 11 is 0. The summed E-state index contributed by atoms with van der Waals surface area (Å²) in [4.78, 5) is 6.70. The van der Waals surface area contributed by atoms with Gasteiger partial charge in [0.2, 0.25) is 5.82 Å². The third kappa shape index (κ3) is 3.96. The number of nitrogens with one attached hydrogen (secondary N) is 2. The Labute approximate surface area is 130 Å². The van der Waals surface area contributed by atoms with Crippen molar-refractivity contribution in [2.75, 3.05) is 25.0 Å². The molecule has 8 heteroatoms. The Hall–Kier alpha value is -2.19. The predicted octanol–water partition coefficient (Wildman–Crippen LogP) is 2.90. The van der Waals surface area contributed by atoms with Crippen LogP contribution in [0.3, 0.4) is 0 Å². The Morgan fingerprint density at radius 1 is 1.17 bits per heavy atom. The summed E-state index contributed by atoms with van der Waals surface area (Å²) in [7, 11) is 0. The highest BCUT2D eigenvalue weighted by atomic mass is 19.4. The van der Waals surface area contributed by atoms with Gasteiger partial charge in [0, 0.05) is 25.0 Å². The molecule has 0 spiro atoms. The van der Waals surface area contributed by atoms with Crippen LogP contribution in [0.15, 0.2) is 36.5 Å². The van der Waals surface area contributed by atoms with E-state index in [2.05, 4.69) is 20.6 Å². The Kier molecular flexibility index (Phi) is 4.44. The second-order valence-corrected chi connectivity index (χ2v) is 5.07. The maximum Gasteiger partial charge on any atom is 0.451 e. The van der Waals surface area contributed by atoms with Crippen molar-refractivity contribution in [2.24, 2.45) is 0 Å². The average molecular weight is 324 g/mol. The number of rotatable bonds is 3. The molecule has 1 aromatic carbocycles. The second-order valence-electron chi connectivity index (χ2n) is 5.07. The molecule has 1 aliphatic heterocycles. The molecule has 5 nitrogen and oxygen atoms in total. The Balaban J connectivity index is 1.71. The maximum atomic E-state index is 12.6. The van der Waals surface area contributed by atoms with Crippen LogP contribution in [0.2, 0.25) is 0 Å². The Morgan fingerprint density at radius 2 is 1.96 bits per heavy atom. The minimum Gasteiger partial charge on any atom is -0.371 e. The highest BCUT2D eigenvalue weighted by Gasteiger charge is 2.34. The quantitative estimate of drug-likeness (QED) is 0.909. The fraction of sp³-hybridized carbons (Fsp3) is 0.333. The third-order valence-electron chi connectivity index (χ3n) is 3.39. The maximum absolute atomic E-state index is 12.6. The molecule has 1 aromatic heterocycles. The van der Waals surface area contributed by atoms with E-state index in [4.69, 9.17) is 4.74 Å². The molecular weight excluding hydrogens is 309 g/mol. The molecule has 0 saturated carbocycles. The van der Waals surface area contributed by atoms with E-state index in [1.807, 2.05) is 12.1 Å².